The molecule has 0 saturated carbocycles. The highest BCUT2D eigenvalue weighted by molar-refractivity contribution is 6.29. The quantitative estimate of drug-likeness (QED) is 0.669. The van der Waals surface area contributed by atoms with Crippen molar-refractivity contribution >= 4 is 11.6 Å². The van der Waals surface area contributed by atoms with E-state index in [9.17, 15) is 0 Å². The summed E-state index contributed by atoms with van der Waals surface area (Å²) in [6.07, 6.45) is 0. The molecule has 62 valence electrons. The van der Waals surface area contributed by atoms with Crippen LogP contribution in [0.3, 0.4) is 0 Å². The number of aryl methyl sites for hydroxylation is 1. The lowest BCUT2D eigenvalue weighted by molar-refractivity contribution is 0.387. The van der Waals surface area contributed by atoms with Crippen molar-refractivity contribution in [2.75, 3.05) is 14.1 Å². The van der Waals surface area contributed by atoms with Gasteiger partial charge in [-0.15, -0.1) is 0 Å². The summed E-state index contributed by atoms with van der Waals surface area (Å²) in [6.45, 7) is 0.871. The van der Waals surface area contributed by atoms with Crippen molar-refractivity contribution in [1.82, 2.24) is 14.7 Å². The maximum Gasteiger partial charge on any atom is 0.151 e. The molecule has 0 aliphatic carbocycles. The first-order valence-electron chi connectivity index (χ1n) is 3.42. The zero-order valence-electron chi connectivity index (χ0n) is 7.00. The average molecular weight is 174 g/mol. The summed E-state index contributed by atoms with van der Waals surface area (Å²) in [7, 11) is 5.92. The van der Waals surface area contributed by atoms with E-state index in [1.165, 1.54) is 0 Å². The first-order chi connectivity index (χ1) is 5.09. The predicted molar refractivity (Wildman–Crippen MR) is 45.6 cm³/mol. The Kier molecular flexibility index (Phi) is 2.52. The third kappa shape index (κ3) is 2.20. The van der Waals surface area contributed by atoms with E-state index in [0.717, 1.165) is 12.2 Å². The number of aromatic nitrogens is 2. The van der Waals surface area contributed by atoms with Crippen molar-refractivity contribution in [2.45, 2.75) is 6.54 Å². The molecule has 0 aliphatic rings. The second-order valence-electron chi connectivity index (χ2n) is 2.82. The summed E-state index contributed by atoms with van der Waals surface area (Å²) in [6, 6.07) is 1.88. The minimum absolute atomic E-state index is 0.560. The van der Waals surface area contributed by atoms with Gasteiger partial charge in [0, 0.05) is 13.6 Å². The molecular weight excluding hydrogens is 162 g/mol. The van der Waals surface area contributed by atoms with E-state index in [0.29, 0.717) is 5.15 Å². The van der Waals surface area contributed by atoms with Gasteiger partial charge in [0.1, 0.15) is 0 Å². The van der Waals surface area contributed by atoms with Crippen LogP contribution in [0.1, 0.15) is 5.69 Å². The molecule has 0 radical (unpaired) electrons. The first kappa shape index (κ1) is 8.56. The van der Waals surface area contributed by atoms with Gasteiger partial charge in [-0.05, 0) is 20.2 Å². The van der Waals surface area contributed by atoms with Crippen LogP contribution in [0.15, 0.2) is 6.07 Å². The van der Waals surface area contributed by atoms with E-state index >= 15 is 0 Å². The molecule has 1 aromatic heterocycles. The van der Waals surface area contributed by atoms with E-state index in [1.54, 1.807) is 4.68 Å². The molecule has 0 fully saturated rings. The van der Waals surface area contributed by atoms with Crippen molar-refractivity contribution in [1.29, 1.82) is 0 Å². The highest BCUT2D eigenvalue weighted by Crippen LogP contribution is 2.09. The van der Waals surface area contributed by atoms with Crippen LogP contribution >= 0.6 is 11.6 Å². The minimum Gasteiger partial charge on any atom is -0.304 e. The number of halogens is 1. The zero-order valence-corrected chi connectivity index (χ0v) is 7.76. The molecule has 0 saturated heterocycles. The third-order valence-corrected chi connectivity index (χ3v) is 1.61. The lowest BCUT2D eigenvalue weighted by Crippen LogP contribution is -2.13. The molecule has 0 spiro atoms. The summed E-state index contributed by atoms with van der Waals surface area (Å²) in [5.74, 6) is 0. The Labute approximate surface area is 71.6 Å². The van der Waals surface area contributed by atoms with Crippen LogP contribution in [-0.2, 0) is 13.6 Å². The van der Waals surface area contributed by atoms with Gasteiger partial charge >= 0.3 is 0 Å². The summed E-state index contributed by atoms with van der Waals surface area (Å²) < 4.78 is 1.79. The van der Waals surface area contributed by atoms with Crippen molar-refractivity contribution in [3.05, 3.63) is 16.9 Å². The number of hydrogen-bond donors (Lipinski definition) is 0. The Morgan fingerprint density at radius 2 is 2.27 bits per heavy atom. The minimum atomic E-state index is 0.560. The van der Waals surface area contributed by atoms with Crippen LogP contribution in [0.25, 0.3) is 0 Å². The van der Waals surface area contributed by atoms with Crippen molar-refractivity contribution in [2.24, 2.45) is 7.05 Å². The lowest BCUT2D eigenvalue weighted by Gasteiger charge is -2.08. The summed E-state index contributed by atoms with van der Waals surface area (Å²) in [4.78, 5) is 2.08. The smallest absolute Gasteiger partial charge is 0.151 e. The van der Waals surface area contributed by atoms with Crippen LogP contribution in [0.4, 0.5) is 0 Å². The lowest BCUT2D eigenvalue weighted by atomic mass is 10.4. The van der Waals surface area contributed by atoms with E-state index < -0.39 is 0 Å². The predicted octanol–water partition coefficient (Wildman–Crippen LogP) is 1.14. The Bertz CT molecular complexity index is 242. The molecule has 0 N–H and O–H groups in total. The molecule has 4 heteroatoms. The van der Waals surface area contributed by atoms with Gasteiger partial charge in [-0.2, -0.15) is 5.10 Å². The van der Waals surface area contributed by atoms with E-state index in [1.807, 2.05) is 27.2 Å². The molecule has 1 heterocycles. The molecule has 0 atom stereocenters. The molecule has 11 heavy (non-hydrogen) atoms. The topological polar surface area (TPSA) is 21.1 Å². The monoisotopic (exact) mass is 173 g/mol. The summed E-state index contributed by atoms with van der Waals surface area (Å²) in [5.41, 5.74) is 1.13. The molecule has 0 amide bonds. The van der Waals surface area contributed by atoms with Crippen LogP contribution in [0, 0.1) is 0 Å². The highest BCUT2D eigenvalue weighted by Gasteiger charge is 2.02. The van der Waals surface area contributed by atoms with Crippen molar-refractivity contribution < 1.29 is 0 Å². The Morgan fingerprint density at radius 1 is 1.64 bits per heavy atom. The molecule has 3 nitrogen and oxygen atoms in total. The van der Waals surface area contributed by atoms with Gasteiger partial charge < -0.3 is 4.90 Å². The Morgan fingerprint density at radius 3 is 2.64 bits per heavy atom. The molecule has 0 unspecified atom stereocenters. The molecule has 1 aromatic rings. The standard InChI is InChI=1S/C7H12ClN3/c1-10(2)5-6-4-7(8)9-11(6)3/h4H,5H2,1-3H3. The van der Waals surface area contributed by atoms with Crippen molar-refractivity contribution in [3.63, 3.8) is 0 Å². The maximum absolute atomic E-state index is 5.70. The molecule has 0 aromatic carbocycles. The Balaban J connectivity index is 2.77. The number of hydrogen-bond acceptors (Lipinski definition) is 2. The average Bonchev–Trinajstić information content (AvgIpc) is 2.09. The van der Waals surface area contributed by atoms with Gasteiger partial charge in [0.15, 0.2) is 5.15 Å². The zero-order chi connectivity index (χ0) is 8.43. The third-order valence-electron chi connectivity index (χ3n) is 1.43. The second kappa shape index (κ2) is 3.24. The highest BCUT2D eigenvalue weighted by atomic mass is 35.5. The molecular formula is C7H12ClN3. The van der Waals surface area contributed by atoms with Gasteiger partial charge in [0.25, 0.3) is 0 Å². The first-order valence-corrected chi connectivity index (χ1v) is 3.80. The van der Waals surface area contributed by atoms with Gasteiger partial charge in [-0.1, -0.05) is 11.6 Å². The number of nitrogens with zero attached hydrogens (tertiary/aromatic N) is 3. The summed E-state index contributed by atoms with van der Waals surface area (Å²) in [5, 5.41) is 4.58. The van der Waals surface area contributed by atoms with Gasteiger partial charge in [0.05, 0.1) is 5.69 Å². The van der Waals surface area contributed by atoms with E-state index in [4.69, 9.17) is 11.6 Å². The summed E-state index contributed by atoms with van der Waals surface area (Å²) >= 11 is 5.70. The van der Waals surface area contributed by atoms with Crippen LogP contribution in [0.2, 0.25) is 5.15 Å². The normalized spacial score (nSPS) is 11.0. The molecule has 1 rings (SSSR count). The maximum atomic E-state index is 5.70. The van der Waals surface area contributed by atoms with Crippen LogP contribution in [0.5, 0.6) is 0 Å². The molecule has 0 aliphatic heterocycles. The van der Waals surface area contributed by atoms with E-state index in [2.05, 4.69) is 10.00 Å². The number of rotatable bonds is 2. The van der Waals surface area contributed by atoms with Gasteiger partial charge in [0.2, 0.25) is 0 Å². The largest absolute Gasteiger partial charge is 0.304 e. The fourth-order valence-corrected chi connectivity index (χ4v) is 1.18. The Hall–Kier alpha value is -0.540. The fraction of sp³-hybridized carbons (Fsp3) is 0.571. The fourth-order valence-electron chi connectivity index (χ4n) is 0.939. The van der Waals surface area contributed by atoms with Gasteiger partial charge in [-0.25, -0.2) is 0 Å². The van der Waals surface area contributed by atoms with E-state index in [-0.39, 0.29) is 0 Å². The van der Waals surface area contributed by atoms with Crippen LogP contribution < -0.4 is 0 Å². The molecule has 0 bridgehead atoms. The van der Waals surface area contributed by atoms with Crippen molar-refractivity contribution in [3.8, 4) is 0 Å². The SMILES string of the molecule is CN(C)Cc1cc(Cl)nn1C. The van der Waals surface area contributed by atoms with Gasteiger partial charge in [-0.3, -0.25) is 4.68 Å². The second-order valence-corrected chi connectivity index (χ2v) is 3.21. The van der Waals surface area contributed by atoms with Crippen LogP contribution in [-0.4, -0.2) is 28.8 Å².